The van der Waals surface area contributed by atoms with Crippen LogP contribution in [0.4, 0.5) is 0 Å². The summed E-state index contributed by atoms with van der Waals surface area (Å²) in [5.74, 6) is 1.36. The highest BCUT2D eigenvalue weighted by molar-refractivity contribution is 5.76. The van der Waals surface area contributed by atoms with Crippen molar-refractivity contribution in [2.75, 3.05) is 0 Å². The second-order valence-corrected chi connectivity index (χ2v) is 3.35. The van der Waals surface area contributed by atoms with Crippen molar-refractivity contribution in [2.24, 2.45) is 0 Å². The minimum Gasteiger partial charge on any atom is -0.444 e. The number of nitrogens with zero attached hydrogens (tertiary/aromatic N) is 1. The van der Waals surface area contributed by atoms with Gasteiger partial charge in [-0.05, 0) is 20.3 Å². The van der Waals surface area contributed by atoms with E-state index in [2.05, 4.69) is 10.3 Å². The van der Waals surface area contributed by atoms with E-state index >= 15 is 0 Å². The van der Waals surface area contributed by atoms with Crippen LogP contribution in [0, 0.1) is 6.92 Å². The summed E-state index contributed by atoms with van der Waals surface area (Å²) >= 11 is 0. The van der Waals surface area contributed by atoms with E-state index in [9.17, 15) is 4.79 Å². The summed E-state index contributed by atoms with van der Waals surface area (Å²) in [6.07, 6.45) is 3.05. The number of rotatable bonds is 4. The van der Waals surface area contributed by atoms with E-state index in [1.165, 1.54) is 0 Å². The van der Waals surface area contributed by atoms with Crippen molar-refractivity contribution in [3.63, 3.8) is 0 Å². The third-order valence-corrected chi connectivity index (χ3v) is 1.86. The van der Waals surface area contributed by atoms with Gasteiger partial charge in [-0.15, -0.1) is 0 Å². The molecule has 0 fully saturated rings. The van der Waals surface area contributed by atoms with Crippen LogP contribution in [0.3, 0.4) is 0 Å². The molecule has 1 unspecified atom stereocenters. The fraction of sp³-hybridized carbons (Fsp3) is 0.600. The van der Waals surface area contributed by atoms with Crippen LogP contribution in [0.1, 0.15) is 44.4 Å². The molecule has 1 N–H and O–H groups in total. The number of aryl methyl sites for hydroxylation is 1. The van der Waals surface area contributed by atoms with Gasteiger partial charge in [0.25, 0.3) is 0 Å². The molecule has 1 aromatic heterocycles. The van der Waals surface area contributed by atoms with Crippen LogP contribution >= 0.6 is 0 Å². The Balaban J connectivity index is 2.50. The Kier molecular flexibility index (Phi) is 3.68. The van der Waals surface area contributed by atoms with Crippen LogP contribution in [-0.4, -0.2) is 10.9 Å². The maximum absolute atomic E-state index is 11.3. The second-order valence-electron chi connectivity index (χ2n) is 3.35. The number of amides is 1. The van der Waals surface area contributed by atoms with Gasteiger partial charge in [0, 0.05) is 6.42 Å². The summed E-state index contributed by atoms with van der Waals surface area (Å²) < 4.78 is 5.30. The molecule has 0 spiro atoms. The molecule has 14 heavy (non-hydrogen) atoms. The van der Waals surface area contributed by atoms with Gasteiger partial charge in [-0.1, -0.05) is 6.92 Å². The number of hydrogen-bond donors (Lipinski definition) is 1. The van der Waals surface area contributed by atoms with E-state index in [1.807, 2.05) is 20.8 Å². The average Bonchev–Trinajstić information content (AvgIpc) is 2.52. The van der Waals surface area contributed by atoms with Crippen molar-refractivity contribution in [3.05, 3.63) is 17.8 Å². The molecule has 1 heterocycles. The Morgan fingerprint density at radius 3 is 2.93 bits per heavy atom. The van der Waals surface area contributed by atoms with Crippen molar-refractivity contribution in [2.45, 2.75) is 39.7 Å². The van der Waals surface area contributed by atoms with Gasteiger partial charge in [0.05, 0.1) is 6.20 Å². The minimum atomic E-state index is -0.150. The van der Waals surface area contributed by atoms with Gasteiger partial charge in [0.15, 0.2) is 0 Å². The quantitative estimate of drug-likeness (QED) is 0.800. The fourth-order valence-corrected chi connectivity index (χ4v) is 1.17. The van der Waals surface area contributed by atoms with Crippen molar-refractivity contribution in [1.29, 1.82) is 0 Å². The van der Waals surface area contributed by atoms with E-state index in [0.29, 0.717) is 12.3 Å². The summed E-state index contributed by atoms with van der Waals surface area (Å²) in [6, 6.07) is -0.150. The molecule has 0 saturated carbocycles. The number of nitrogens with one attached hydrogen (secondary N) is 1. The number of carbonyl (C=O) groups is 1. The normalized spacial score (nSPS) is 12.5. The predicted molar refractivity (Wildman–Crippen MR) is 52.7 cm³/mol. The van der Waals surface area contributed by atoms with E-state index in [-0.39, 0.29) is 11.9 Å². The highest BCUT2D eigenvalue weighted by Gasteiger charge is 2.13. The lowest BCUT2D eigenvalue weighted by Gasteiger charge is -2.09. The molecule has 0 bridgehead atoms. The van der Waals surface area contributed by atoms with Crippen molar-refractivity contribution >= 4 is 5.91 Å². The molecule has 1 rings (SSSR count). The van der Waals surface area contributed by atoms with Gasteiger partial charge in [-0.25, -0.2) is 4.98 Å². The first-order chi connectivity index (χ1) is 6.63. The predicted octanol–water partition coefficient (Wildman–Crippen LogP) is 1.96. The topological polar surface area (TPSA) is 55.1 Å². The molecule has 4 heteroatoms. The molecule has 0 aliphatic heterocycles. The molecule has 0 aliphatic carbocycles. The lowest BCUT2D eigenvalue weighted by Crippen LogP contribution is -2.26. The zero-order valence-corrected chi connectivity index (χ0v) is 8.83. The average molecular weight is 196 g/mol. The van der Waals surface area contributed by atoms with E-state index in [4.69, 9.17) is 4.42 Å². The van der Waals surface area contributed by atoms with Gasteiger partial charge < -0.3 is 9.73 Å². The van der Waals surface area contributed by atoms with E-state index < -0.39 is 0 Å². The van der Waals surface area contributed by atoms with Gasteiger partial charge in [-0.3, -0.25) is 4.79 Å². The first kappa shape index (κ1) is 10.8. The molecular formula is C10H16N2O2. The lowest BCUT2D eigenvalue weighted by atomic mass is 10.3. The zero-order valence-electron chi connectivity index (χ0n) is 8.83. The minimum absolute atomic E-state index is 0.0378. The largest absolute Gasteiger partial charge is 0.444 e. The molecule has 1 atom stereocenters. The highest BCUT2D eigenvalue weighted by Crippen LogP contribution is 2.11. The first-order valence-electron chi connectivity index (χ1n) is 4.85. The molecule has 0 aromatic carbocycles. The Morgan fingerprint density at radius 2 is 2.43 bits per heavy atom. The number of oxazole rings is 1. The van der Waals surface area contributed by atoms with Crippen LogP contribution in [0.15, 0.2) is 10.6 Å². The Labute approximate surface area is 83.7 Å². The summed E-state index contributed by atoms with van der Waals surface area (Å²) in [7, 11) is 0. The summed E-state index contributed by atoms with van der Waals surface area (Å²) in [4.78, 5) is 15.3. The van der Waals surface area contributed by atoms with E-state index in [0.717, 1.165) is 12.2 Å². The van der Waals surface area contributed by atoms with Gasteiger partial charge >= 0.3 is 0 Å². The maximum Gasteiger partial charge on any atom is 0.220 e. The molecule has 0 aliphatic rings. The summed E-state index contributed by atoms with van der Waals surface area (Å²) in [6.45, 7) is 5.66. The van der Waals surface area contributed by atoms with E-state index in [1.54, 1.807) is 6.20 Å². The number of hydrogen-bond acceptors (Lipinski definition) is 3. The SMILES string of the molecule is CCCC(=O)NC(C)c1ncc(C)o1. The van der Waals surface area contributed by atoms with Crippen LogP contribution in [0.2, 0.25) is 0 Å². The Morgan fingerprint density at radius 1 is 1.71 bits per heavy atom. The van der Waals surface area contributed by atoms with Gasteiger partial charge in [0.2, 0.25) is 11.8 Å². The smallest absolute Gasteiger partial charge is 0.220 e. The third-order valence-electron chi connectivity index (χ3n) is 1.86. The van der Waals surface area contributed by atoms with Crippen molar-refractivity contribution in [1.82, 2.24) is 10.3 Å². The maximum atomic E-state index is 11.3. The Bertz CT molecular complexity index is 307. The number of aromatic nitrogens is 1. The molecule has 1 amide bonds. The van der Waals surface area contributed by atoms with Crippen LogP contribution in [-0.2, 0) is 4.79 Å². The van der Waals surface area contributed by atoms with Gasteiger partial charge in [0.1, 0.15) is 11.8 Å². The monoisotopic (exact) mass is 196 g/mol. The molecule has 78 valence electrons. The molecular weight excluding hydrogens is 180 g/mol. The van der Waals surface area contributed by atoms with Crippen LogP contribution in [0.5, 0.6) is 0 Å². The fourth-order valence-electron chi connectivity index (χ4n) is 1.17. The third kappa shape index (κ3) is 2.87. The molecule has 0 radical (unpaired) electrons. The lowest BCUT2D eigenvalue weighted by molar-refractivity contribution is -0.121. The standard InChI is InChI=1S/C10H16N2O2/c1-4-5-9(13)12-8(3)10-11-6-7(2)14-10/h6,8H,4-5H2,1-3H3,(H,12,13). The molecule has 4 nitrogen and oxygen atoms in total. The van der Waals surface area contributed by atoms with Crippen LogP contribution < -0.4 is 5.32 Å². The summed E-state index contributed by atoms with van der Waals surface area (Å²) in [5.41, 5.74) is 0. The number of carbonyl (C=O) groups excluding carboxylic acids is 1. The molecule has 1 aromatic rings. The second kappa shape index (κ2) is 4.79. The molecule has 0 saturated heterocycles. The van der Waals surface area contributed by atoms with Crippen LogP contribution in [0.25, 0.3) is 0 Å². The highest BCUT2D eigenvalue weighted by atomic mass is 16.4. The van der Waals surface area contributed by atoms with Crippen molar-refractivity contribution < 1.29 is 9.21 Å². The first-order valence-corrected chi connectivity index (χ1v) is 4.85. The van der Waals surface area contributed by atoms with Gasteiger partial charge in [-0.2, -0.15) is 0 Å². The zero-order chi connectivity index (χ0) is 10.6. The summed E-state index contributed by atoms with van der Waals surface area (Å²) in [5, 5.41) is 2.82. The Hall–Kier alpha value is -1.32. The van der Waals surface area contributed by atoms with Crippen molar-refractivity contribution in [3.8, 4) is 0 Å².